The van der Waals surface area contributed by atoms with Crippen molar-refractivity contribution in [2.75, 3.05) is 29.8 Å². The molecule has 1 aliphatic heterocycles. The molecule has 1 aliphatic rings. The summed E-state index contributed by atoms with van der Waals surface area (Å²) in [6.45, 7) is 0. The Kier molecular flexibility index (Phi) is 6.51. The first-order chi connectivity index (χ1) is 16.4. The summed E-state index contributed by atoms with van der Waals surface area (Å²) < 4.78 is 10.2. The van der Waals surface area contributed by atoms with Gasteiger partial charge in [-0.1, -0.05) is 17.7 Å². The van der Waals surface area contributed by atoms with Crippen LogP contribution >= 0.6 is 11.6 Å². The second-order valence-corrected chi connectivity index (χ2v) is 7.60. The quantitative estimate of drug-likeness (QED) is 0.490. The van der Waals surface area contributed by atoms with E-state index in [1.54, 1.807) is 79.9 Å². The molecule has 3 amide bonds. The zero-order valence-electron chi connectivity index (χ0n) is 18.3. The lowest BCUT2D eigenvalue weighted by Gasteiger charge is -2.15. The van der Waals surface area contributed by atoms with Crippen LogP contribution in [0.1, 0.15) is 10.4 Å². The van der Waals surface area contributed by atoms with Crippen molar-refractivity contribution in [2.45, 2.75) is 0 Å². The third-order valence-corrected chi connectivity index (χ3v) is 5.45. The van der Waals surface area contributed by atoms with Gasteiger partial charge in [0.15, 0.2) is 0 Å². The number of methoxy groups -OCH3 is 2. The smallest absolute Gasteiger partial charge is 0.283 e. The summed E-state index contributed by atoms with van der Waals surface area (Å²) in [5.74, 6) is -0.331. The number of benzene rings is 3. The fraction of sp³-hybridized carbons (Fsp3) is 0.0800. The van der Waals surface area contributed by atoms with Gasteiger partial charge in [-0.3, -0.25) is 14.4 Å². The lowest BCUT2D eigenvalue weighted by atomic mass is 10.1. The summed E-state index contributed by atoms with van der Waals surface area (Å²) in [6.07, 6.45) is 0. The van der Waals surface area contributed by atoms with Gasteiger partial charge < -0.3 is 20.1 Å². The molecular formula is C25H20ClN3O5. The summed E-state index contributed by atoms with van der Waals surface area (Å²) in [5, 5.41) is 5.43. The molecule has 8 nitrogen and oxygen atoms in total. The highest BCUT2D eigenvalue weighted by molar-refractivity contribution is 6.53. The lowest BCUT2D eigenvalue weighted by molar-refractivity contribution is -0.120. The Balaban J connectivity index is 1.50. The monoisotopic (exact) mass is 477 g/mol. The first-order valence-electron chi connectivity index (χ1n) is 10.2. The number of imide groups is 1. The normalized spacial score (nSPS) is 13.2. The topological polar surface area (TPSA) is 97.0 Å². The maximum atomic E-state index is 13.0. The fourth-order valence-electron chi connectivity index (χ4n) is 3.34. The van der Waals surface area contributed by atoms with E-state index in [9.17, 15) is 14.4 Å². The number of amides is 3. The highest BCUT2D eigenvalue weighted by Gasteiger charge is 2.39. The van der Waals surface area contributed by atoms with Crippen molar-refractivity contribution < 1.29 is 23.9 Å². The van der Waals surface area contributed by atoms with Crippen LogP contribution in [0.25, 0.3) is 0 Å². The molecule has 0 saturated carbocycles. The van der Waals surface area contributed by atoms with E-state index < -0.39 is 11.8 Å². The van der Waals surface area contributed by atoms with Crippen molar-refractivity contribution in [2.24, 2.45) is 0 Å². The first-order valence-corrected chi connectivity index (χ1v) is 10.5. The van der Waals surface area contributed by atoms with Crippen LogP contribution in [0.3, 0.4) is 0 Å². The van der Waals surface area contributed by atoms with E-state index in [0.717, 1.165) is 4.90 Å². The number of anilines is 3. The fourth-order valence-corrected chi connectivity index (χ4v) is 3.55. The van der Waals surface area contributed by atoms with Gasteiger partial charge in [0.05, 0.1) is 19.9 Å². The SMILES string of the molecule is COc1ccc(NC(=O)c2cccc(NC3=C(Cl)C(=O)N(c4ccc(OC)cc4)C3=O)c2)cc1. The number of rotatable bonds is 7. The van der Waals surface area contributed by atoms with Crippen LogP contribution in [-0.4, -0.2) is 31.9 Å². The van der Waals surface area contributed by atoms with Gasteiger partial charge in [0.2, 0.25) is 0 Å². The van der Waals surface area contributed by atoms with Crippen LogP contribution in [0, 0.1) is 0 Å². The second kappa shape index (κ2) is 9.68. The highest BCUT2D eigenvalue weighted by atomic mass is 35.5. The minimum atomic E-state index is -0.646. The molecule has 34 heavy (non-hydrogen) atoms. The Labute approximate surface area is 200 Å². The predicted molar refractivity (Wildman–Crippen MR) is 129 cm³/mol. The first kappa shape index (κ1) is 22.9. The Hall–Kier alpha value is -4.30. The molecule has 0 saturated heterocycles. The third kappa shape index (κ3) is 4.57. The molecule has 0 bridgehead atoms. The Morgan fingerprint density at radius 1 is 0.824 bits per heavy atom. The van der Waals surface area contributed by atoms with Gasteiger partial charge in [-0.15, -0.1) is 0 Å². The Morgan fingerprint density at radius 3 is 2.06 bits per heavy atom. The maximum absolute atomic E-state index is 13.0. The summed E-state index contributed by atoms with van der Waals surface area (Å²) in [5.41, 5.74) is 1.66. The molecule has 1 heterocycles. The van der Waals surface area contributed by atoms with E-state index in [4.69, 9.17) is 21.1 Å². The van der Waals surface area contributed by atoms with Gasteiger partial charge >= 0.3 is 0 Å². The van der Waals surface area contributed by atoms with Crippen LogP contribution in [0.2, 0.25) is 0 Å². The van der Waals surface area contributed by atoms with Gasteiger partial charge in [0.1, 0.15) is 22.2 Å². The van der Waals surface area contributed by atoms with Crippen molar-refractivity contribution in [3.63, 3.8) is 0 Å². The van der Waals surface area contributed by atoms with Crippen molar-refractivity contribution >= 4 is 46.4 Å². The zero-order valence-corrected chi connectivity index (χ0v) is 19.1. The standard InChI is InChI=1S/C25H20ClN3O5/c1-33-19-10-6-16(7-11-19)28-23(30)15-4-3-5-17(14-15)27-22-21(26)24(31)29(25(22)32)18-8-12-20(34-2)13-9-18/h3-14,27H,1-2H3,(H,28,30). The van der Waals surface area contributed by atoms with Crippen molar-refractivity contribution in [3.05, 3.63) is 89.1 Å². The molecular weight excluding hydrogens is 458 g/mol. The molecule has 172 valence electrons. The Morgan fingerprint density at radius 2 is 1.44 bits per heavy atom. The molecule has 2 N–H and O–H groups in total. The molecule has 4 rings (SSSR count). The average Bonchev–Trinajstić information content (AvgIpc) is 3.07. The van der Waals surface area contributed by atoms with E-state index in [1.165, 1.54) is 7.11 Å². The number of carbonyl (C=O) groups excluding carboxylic acids is 3. The number of ether oxygens (including phenoxy) is 2. The summed E-state index contributed by atoms with van der Waals surface area (Å²) in [4.78, 5) is 39.3. The minimum absolute atomic E-state index is 0.0739. The molecule has 3 aromatic rings. The minimum Gasteiger partial charge on any atom is -0.497 e. The van der Waals surface area contributed by atoms with Crippen molar-refractivity contribution in [1.29, 1.82) is 0 Å². The highest BCUT2D eigenvalue weighted by Crippen LogP contribution is 2.31. The van der Waals surface area contributed by atoms with Crippen molar-refractivity contribution in [3.8, 4) is 11.5 Å². The van der Waals surface area contributed by atoms with Gasteiger partial charge in [0.25, 0.3) is 17.7 Å². The lowest BCUT2D eigenvalue weighted by Crippen LogP contribution is -2.32. The van der Waals surface area contributed by atoms with E-state index in [2.05, 4.69) is 10.6 Å². The molecule has 0 radical (unpaired) electrons. The molecule has 0 fully saturated rings. The van der Waals surface area contributed by atoms with Gasteiger partial charge in [-0.2, -0.15) is 0 Å². The molecule has 9 heteroatoms. The molecule has 0 spiro atoms. The van der Waals surface area contributed by atoms with Crippen LogP contribution in [0.5, 0.6) is 11.5 Å². The predicted octanol–water partition coefficient (Wildman–Crippen LogP) is 4.39. The van der Waals surface area contributed by atoms with Gasteiger partial charge in [-0.25, -0.2) is 4.90 Å². The molecule has 0 unspecified atom stereocenters. The number of carbonyl (C=O) groups is 3. The average molecular weight is 478 g/mol. The number of nitrogens with zero attached hydrogens (tertiary/aromatic N) is 1. The molecule has 0 aromatic heterocycles. The van der Waals surface area contributed by atoms with Crippen LogP contribution in [-0.2, 0) is 9.59 Å². The number of halogens is 1. The third-order valence-electron chi connectivity index (χ3n) is 5.10. The maximum Gasteiger partial charge on any atom is 0.283 e. The molecule has 0 aliphatic carbocycles. The largest absolute Gasteiger partial charge is 0.497 e. The van der Waals surface area contributed by atoms with Gasteiger partial charge in [-0.05, 0) is 66.7 Å². The zero-order chi connectivity index (χ0) is 24.2. The number of hydrogen-bond acceptors (Lipinski definition) is 6. The summed E-state index contributed by atoms with van der Waals surface area (Å²) >= 11 is 6.20. The summed E-state index contributed by atoms with van der Waals surface area (Å²) in [7, 11) is 3.08. The summed E-state index contributed by atoms with van der Waals surface area (Å²) in [6, 6.07) is 19.9. The van der Waals surface area contributed by atoms with Crippen molar-refractivity contribution in [1.82, 2.24) is 0 Å². The van der Waals surface area contributed by atoms with Crippen LogP contribution < -0.4 is 25.0 Å². The van der Waals surface area contributed by atoms with E-state index in [1.807, 2.05) is 0 Å². The number of nitrogens with one attached hydrogen (secondary N) is 2. The Bertz CT molecular complexity index is 1290. The van der Waals surface area contributed by atoms with Crippen LogP contribution in [0.4, 0.5) is 17.1 Å². The van der Waals surface area contributed by atoms with E-state index >= 15 is 0 Å². The van der Waals surface area contributed by atoms with Gasteiger partial charge in [0, 0.05) is 16.9 Å². The van der Waals surface area contributed by atoms with E-state index in [-0.39, 0.29) is 16.6 Å². The molecule has 0 atom stereocenters. The second-order valence-electron chi connectivity index (χ2n) is 7.22. The number of hydrogen-bond donors (Lipinski definition) is 2. The van der Waals surface area contributed by atoms with Crippen LogP contribution in [0.15, 0.2) is 83.5 Å². The van der Waals surface area contributed by atoms with E-state index in [0.29, 0.717) is 34.1 Å². The molecule has 3 aromatic carbocycles.